The standard InChI is InChI=1S/C9H19NO3/c1-7(2)4-9(5-10,6-13-3)8(11)12/h7H,4-6,10H2,1-3H3,(H,11,12). The summed E-state index contributed by atoms with van der Waals surface area (Å²) in [5, 5.41) is 9.04. The van der Waals surface area contributed by atoms with Gasteiger partial charge in [0.25, 0.3) is 0 Å². The molecule has 1 unspecified atom stereocenters. The van der Waals surface area contributed by atoms with E-state index in [2.05, 4.69) is 0 Å². The highest BCUT2D eigenvalue weighted by atomic mass is 16.5. The van der Waals surface area contributed by atoms with Crippen LogP contribution in [-0.2, 0) is 9.53 Å². The van der Waals surface area contributed by atoms with E-state index in [1.54, 1.807) is 0 Å². The number of nitrogens with two attached hydrogens (primary N) is 1. The number of hydrogen-bond acceptors (Lipinski definition) is 3. The summed E-state index contributed by atoms with van der Waals surface area (Å²) in [5.74, 6) is -0.569. The van der Waals surface area contributed by atoms with Crippen LogP contribution >= 0.6 is 0 Å². The molecule has 0 bridgehead atoms. The Labute approximate surface area is 79.1 Å². The maximum atomic E-state index is 11.0. The zero-order chi connectivity index (χ0) is 10.5. The number of carbonyl (C=O) groups is 1. The van der Waals surface area contributed by atoms with E-state index in [-0.39, 0.29) is 13.2 Å². The van der Waals surface area contributed by atoms with E-state index in [4.69, 9.17) is 15.6 Å². The fourth-order valence-corrected chi connectivity index (χ4v) is 1.50. The molecule has 0 heterocycles. The number of carboxylic acids is 1. The molecule has 0 aliphatic heterocycles. The van der Waals surface area contributed by atoms with Crippen LogP contribution in [0.2, 0.25) is 0 Å². The van der Waals surface area contributed by atoms with Crippen molar-refractivity contribution in [3.05, 3.63) is 0 Å². The quantitative estimate of drug-likeness (QED) is 0.645. The lowest BCUT2D eigenvalue weighted by Crippen LogP contribution is -2.43. The molecule has 0 spiro atoms. The molecule has 1 atom stereocenters. The van der Waals surface area contributed by atoms with E-state index in [1.807, 2.05) is 13.8 Å². The van der Waals surface area contributed by atoms with Crippen molar-refractivity contribution in [3.63, 3.8) is 0 Å². The van der Waals surface area contributed by atoms with Gasteiger partial charge in [0, 0.05) is 13.7 Å². The van der Waals surface area contributed by atoms with E-state index in [0.29, 0.717) is 12.3 Å². The first-order chi connectivity index (χ1) is 5.98. The molecule has 4 heteroatoms. The van der Waals surface area contributed by atoms with E-state index >= 15 is 0 Å². The van der Waals surface area contributed by atoms with Crippen LogP contribution in [0.25, 0.3) is 0 Å². The SMILES string of the molecule is COCC(CN)(CC(C)C)C(=O)O. The highest BCUT2D eigenvalue weighted by molar-refractivity contribution is 5.75. The van der Waals surface area contributed by atoms with Crippen LogP contribution < -0.4 is 5.73 Å². The summed E-state index contributed by atoms with van der Waals surface area (Å²) >= 11 is 0. The minimum atomic E-state index is -0.914. The number of aliphatic carboxylic acids is 1. The Morgan fingerprint density at radius 2 is 2.15 bits per heavy atom. The summed E-state index contributed by atoms with van der Waals surface area (Å²) in [6.07, 6.45) is 0.548. The third-order valence-corrected chi connectivity index (χ3v) is 2.06. The highest BCUT2D eigenvalue weighted by Gasteiger charge is 2.37. The predicted molar refractivity (Wildman–Crippen MR) is 50.5 cm³/mol. The Morgan fingerprint density at radius 1 is 1.62 bits per heavy atom. The van der Waals surface area contributed by atoms with Crippen molar-refractivity contribution in [3.8, 4) is 0 Å². The first-order valence-electron chi connectivity index (χ1n) is 4.41. The Bertz CT molecular complexity index is 170. The Hall–Kier alpha value is -0.610. The lowest BCUT2D eigenvalue weighted by Gasteiger charge is -2.28. The second-order valence-corrected chi connectivity index (χ2v) is 3.82. The molecular formula is C9H19NO3. The van der Waals surface area contributed by atoms with Crippen LogP contribution in [0, 0.1) is 11.3 Å². The van der Waals surface area contributed by atoms with Gasteiger partial charge in [0.05, 0.1) is 6.61 Å². The molecule has 0 aromatic carbocycles. The van der Waals surface area contributed by atoms with Gasteiger partial charge in [-0.25, -0.2) is 0 Å². The maximum Gasteiger partial charge on any atom is 0.313 e. The fraction of sp³-hybridized carbons (Fsp3) is 0.889. The molecule has 0 aromatic heterocycles. The summed E-state index contributed by atoms with van der Waals surface area (Å²) in [6.45, 7) is 4.25. The monoisotopic (exact) mass is 189 g/mol. The molecule has 0 aliphatic rings. The minimum absolute atomic E-state index is 0.119. The summed E-state index contributed by atoms with van der Waals surface area (Å²) in [5.41, 5.74) is 4.57. The predicted octanol–water partition coefficient (Wildman–Crippen LogP) is 0.709. The average molecular weight is 189 g/mol. The van der Waals surface area contributed by atoms with Crippen molar-refractivity contribution in [2.24, 2.45) is 17.1 Å². The number of carboxylic acid groups (broad SMARTS) is 1. The highest BCUT2D eigenvalue weighted by Crippen LogP contribution is 2.26. The van der Waals surface area contributed by atoms with Gasteiger partial charge in [-0.05, 0) is 12.3 Å². The molecule has 0 saturated heterocycles. The average Bonchev–Trinajstić information content (AvgIpc) is 2.02. The summed E-state index contributed by atoms with van der Waals surface area (Å²) < 4.78 is 4.90. The molecule has 78 valence electrons. The second-order valence-electron chi connectivity index (χ2n) is 3.82. The van der Waals surface area contributed by atoms with Crippen molar-refractivity contribution in [1.29, 1.82) is 0 Å². The molecule has 0 aromatic rings. The van der Waals surface area contributed by atoms with E-state index in [1.165, 1.54) is 7.11 Å². The molecule has 4 nitrogen and oxygen atoms in total. The van der Waals surface area contributed by atoms with Crippen LogP contribution in [0.15, 0.2) is 0 Å². The van der Waals surface area contributed by atoms with Crippen molar-refractivity contribution in [1.82, 2.24) is 0 Å². The van der Waals surface area contributed by atoms with Gasteiger partial charge in [0.2, 0.25) is 0 Å². The third kappa shape index (κ3) is 3.32. The van der Waals surface area contributed by atoms with Crippen LogP contribution in [-0.4, -0.2) is 31.3 Å². The van der Waals surface area contributed by atoms with Gasteiger partial charge in [-0.3, -0.25) is 4.79 Å². The van der Waals surface area contributed by atoms with Gasteiger partial charge in [0.15, 0.2) is 0 Å². The van der Waals surface area contributed by atoms with E-state index in [0.717, 1.165) is 0 Å². The largest absolute Gasteiger partial charge is 0.481 e. The number of rotatable bonds is 6. The Morgan fingerprint density at radius 3 is 2.38 bits per heavy atom. The zero-order valence-electron chi connectivity index (χ0n) is 8.54. The first-order valence-corrected chi connectivity index (χ1v) is 4.41. The van der Waals surface area contributed by atoms with Gasteiger partial charge in [-0.15, -0.1) is 0 Å². The minimum Gasteiger partial charge on any atom is -0.481 e. The zero-order valence-corrected chi connectivity index (χ0v) is 8.54. The van der Waals surface area contributed by atoms with Crippen molar-refractivity contribution in [2.75, 3.05) is 20.3 Å². The van der Waals surface area contributed by atoms with Crippen LogP contribution in [0.1, 0.15) is 20.3 Å². The van der Waals surface area contributed by atoms with E-state index in [9.17, 15) is 4.79 Å². The van der Waals surface area contributed by atoms with Gasteiger partial charge in [-0.1, -0.05) is 13.8 Å². The van der Waals surface area contributed by atoms with Gasteiger partial charge in [0.1, 0.15) is 5.41 Å². The lowest BCUT2D eigenvalue weighted by atomic mass is 9.81. The molecule has 0 rings (SSSR count). The molecule has 0 fully saturated rings. The normalized spacial score (nSPS) is 15.8. The van der Waals surface area contributed by atoms with Crippen molar-refractivity contribution < 1.29 is 14.6 Å². The van der Waals surface area contributed by atoms with Crippen LogP contribution in [0.5, 0.6) is 0 Å². The molecule has 0 aliphatic carbocycles. The molecule has 0 saturated carbocycles. The van der Waals surface area contributed by atoms with Crippen LogP contribution in [0.3, 0.4) is 0 Å². The molecule has 0 amide bonds. The number of methoxy groups -OCH3 is 1. The smallest absolute Gasteiger partial charge is 0.313 e. The molecule has 13 heavy (non-hydrogen) atoms. The summed E-state index contributed by atoms with van der Waals surface area (Å²) in [7, 11) is 1.49. The van der Waals surface area contributed by atoms with Gasteiger partial charge in [-0.2, -0.15) is 0 Å². The number of ether oxygens (including phenoxy) is 1. The van der Waals surface area contributed by atoms with E-state index < -0.39 is 11.4 Å². The van der Waals surface area contributed by atoms with Crippen LogP contribution in [0.4, 0.5) is 0 Å². The first kappa shape index (κ1) is 12.4. The number of hydrogen-bond donors (Lipinski definition) is 2. The molecular weight excluding hydrogens is 170 g/mol. The Balaban J connectivity index is 4.54. The van der Waals surface area contributed by atoms with Crippen molar-refractivity contribution in [2.45, 2.75) is 20.3 Å². The van der Waals surface area contributed by atoms with Gasteiger partial charge >= 0.3 is 5.97 Å². The second kappa shape index (κ2) is 5.19. The third-order valence-electron chi connectivity index (χ3n) is 2.06. The maximum absolute atomic E-state index is 11.0. The fourth-order valence-electron chi connectivity index (χ4n) is 1.50. The molecule has 3 N–H and O–H groups in total. The summed E-state index contributed by atoms with van der Waals surface area (Å²) in [6, 6.07) is 0. The van der Waals surface area contributed by atoms with Gasteiger partial charge < -0.3 is 15.6 Å². The summed E-state index contributed by atoms with van der Waals surface area (Å²) in [4.78, 5) is 11.0. The topological polar surface area (TPSA) is 72.5 Å². The molecule has 0 radical (unpaired) electrons. The lowest BCUT2D eigenvalue weighted by molar-refractivity contribution is -0.152. The Kier molecular flexibility index (Phi) is 4.95. The van der Waals surface area contributed by atoms with Crippen molar-refractivity contribution >= 4 is 5.97 Å².